The molecule has 1 amide bonds. The smallest absolute Gasteiger partial charge is 0.246 e. The second-order valence-corrected chi connectivity index (χ2v) is 10.6. The minimum Gasteiger partial charge on any atom is -0.325 e. The van der Waals surface area contributed by atoms with Gasteiger partial charge >= 0.3 is 0 Å². The molecule has 0 radical (unpaired) electrons. The van der Waals surface area contributed by atoms with Gasteiger partial charge in [0.2, 0.25) is 5.91 Å². The van der Waals surface area contributed by atoms with E-state index in [0.29, 0.717) is 18.5 Å². The Morgan fingerprint density at radius 3 is 2.00 bits per heavy atom. The van der Waals surface area contributed by atoms with Crippen LogP contribution in [-0.4, -0.2) is 19.1 Å². The van der Waals surface area contributed by atoms with Gasteiger partial charge in [0, 0.05) is 5.69 Å². The Hall–Kier alpha value is -2.14. The molecule has 0 spiro atoms. The van der Waals surface area contributed by atoms with Crippen molar-refractivity contribution in [3.05, 3.63) is 60.2 Å². The maximum absolute atomic E-state index is 13.3. The minimum atomic E-state index is -3.76. The Kier molecular flexibility index (Phi) is 5.17. The summed E-state index contributed by atoms with van der Waals surface area (Å²) in [4.78, 5) is 13.4. The van der Waals surface area contributed by atoms with Crippen LogP contribution in [0.25, 0.3) is 0 Å². The van der Waals surface area contributed by atoms with Gasteiger partial charge in [0.05, 0.1) is 4.90 Å². The molecule has 5 heteroatoms. The van der Waals surface area contributed by atoms with Gasteiger partial charge in [-0.1, -0.05) is 63.9 Å². The third-order valence-corrected chi connectivity index (χ3v) is 7.92. The van der Waals surface area contributed by atoms with Crippen LogP contribution in [0.15, 0.2) is 59.5 Å². The zero-order chi connectivity index (χ0) is 19.7. The van der Waals surface area contributed by atoms with E-state index in [1.807, 2.05) is 24.3 Å². The first-order valence-electron chi connectivity index (χ1n) is 9.38. The topological polar surface area (TPSA) is 63.2 Å². The minimum absolute atomic E-state index is 0.0197. The Bertz CT molecular complexity index is 904. The fourth-order valence-electron chi connectivity index (χ4n) is 3.69. The van der Waals surface area contributed by atoms with E-state index in [4.69, 9.17) is 0 Å². The number of rotatable bonds is 4. The largest absolute Gasteiger partial charge is 0.325 e. The Morgan fingerprint density at radius 2 is 1.48 bits per heavy atom. The molecule has 2 aromatic rings. The van der Waals surface area contributed by atoms with Gasteiger partial charge in [-0.3, -0.25) is 4.79 Å². The molecule has 3 rings (SSSR count). The standard InChI is InChI=1S/C22H27NO3S/c1-21(2,3)17-11-13-18(14-12-17)23-20(24)22(15-7-8-16-22)27(25,26)19-9-5-4-6-10-19/h4-6,9-14H,7-8,15-16H2,1-3H3,(H,23,24). The molecular weight excluding hydrogens is 358 g/mol. The number of hydrogen-bond donors (Lipinski definition) is 1. The van der Waals surface area contributed by atoms with E-state index in [-0.39, 0.29) is 10.3 Å². The fraction of sp³-hybridized carbons (Fsp3) is 0.409. The Balaban J connectivity index is 1.90. The van der Waals surface area contributed by atoms with Gasteiger partial charge in [0.15, 0.2) is 14.6 Å². The third-order valence-electron chi connectivity index (χ3n) is 5.40. The van der Waals surface area contributed by atoms with Crippen molar-refractivity contribution in [2.45, 2.75) is 61.5 Å². The Labute approximate surface area is 161 Å². The normalized spacial score (nSPS) is 16.9. The van der Waals surface area contributed by atoms with Crippen LogP contribution < -0.4 is 5.32 Å². The van der Waals surface area contributed by atoms with Crippen LogP contribution in [-0.2, 0) is 20.0 Å². The van der Waals surface area contributed by atoms with Crippen molar-refractivity contribution >= 4 is 21.4 Å². The quantitative estimate of drug-likeness (QED) is 0.829. The molecular formula is C22H27NO3S. The highest BCUT2D eigenvalue weighted by Crippen LogP contribution is 2.41. The van der Waals surface area contributed by atoms with Crippen molar-refractivity contribution < 1.29 is 13.2 Å². The van der Waals surface area contributed by atoms with E-state index < -0.39 is 20.5 Å². The highest BCUT2D eigenvalue weighted by Gasteiger charge is 2.52. The number of hydrogen-bond acceptors (Lipinski definition) is 3. The molecule has 1 fully saturated rings. The molecule has 0 aliphatic heterocycles. The summed E-state index contributed by atoms with van der Waals surface area (Å²) in [6.45, 7) is 6.38. The molecule has 0 atom stereocenters. The highest BCUT2D eigenvalue weighted by molar-refractivity contribution is 7.93. The van der Waals surface area contributed by atoms with Crippen LogP contribution in [0.3, 0.4) is 0 Å². The van der Waals surface area contributed by atoms with Crippen molar-refractivity contribution in [3.63, 3.8) is 0 Å². The Morgan fingerprint density at radius 1 is 0.926 bits per heavy atom. The first-order chi connectivity index (χ1) is 12.7. The molecule has 144 valence electrons. The lowest BCUT2D eigenvalue weighted by Gasteiger charge is -2.28. The lowest BCUT2D eigenvalue weighted by Crippen LogP contribution is -2.47. The van der Waals surface area contributed by atoms with Gasteiger partial charge in [-0.25, -0.2) is 8.42 Å². The number of anilines is 1. The van der Waals surface area contributed by atoms with Gasteiger partial charge in [-0.2, -0.15) is 0 Å². The molecule has 0 saturated heterocycles. The van der Waals surface area contributed by atoms with E-state index in [1.165, 1.54) is 0 Å². The van der Waals surface area contributed by atoms with Gasteiger partial charge in [0.25, 0.3) is 0 Å². The van der Waals surface area contributed by atoms with Crippen molar-refractivity contribution in [2.24, 2.45) is 0 Å². The van der Waals surface area contributed by atoms with Crippen molar-refractivity contribution in [2.75, 3.05) is 5.32 Å². The number of carbonyl (C=O) groups is 1. The van der Waals surface area contributed by atoms with Crippen molar-refractivity contribution in [1.29, 1.82) is 0 Å². The molecule has 1 saturated carbocycles. The SMILES string of the molecule is CC(C)(C)c1ccc(NC(=O)C2(S(=O)(=O)c3ccccc3)CCCC2)cc1. The average Bonchev–Trinajstić information content (AvgIpc) is 3.14. The van der Waals surface area contributed by atoms with E-state index in [1.54, 1.807) is 30.3 Å². The van der Waals surface area contributed by atoms with E-state index in [2.05, 4.69) is 26.1 Å². The summed E-state index contributed by atoms with van der Waals surface area (Å²) in [5.41, 5.74) is 1.81. The number of carbonyl (C=O) groups excluding carboxylic acids is 1. The molecule has 2 aromatic carbocycles. The maximum atomic E-state index is 13.3. The summed E-state index contributed by atoms with van der Waals surface area (Å²) in [6, 6.07) is 15.9. The number of amides is 1. The molecule has 0 unspecified atom stereocenters. The highest BCUT2D eigenvalue weighted by atomic mass is 32.2. The predicted molar refractivity (Wildman–Crippen MR) is 109 cm³/mol. The van der Waals surface area contributed by atoms with E-state index >= 15 is 0 Å². The van der Waals surface area contributed by atoms with Gasteiger partial charge < -0.3 is 5.32 Å². The molecule has 1 aliphatic carbocycles. The zero-order valence-corrected chi connectivity index (χ0v) is 17.0. The summed E-state index contributed by atoms with van der Waals surface area (Å²) in [7, 11) is -3.76. The molecule has 0 aromatic heterocycles. The van der Waals surface area contributed by atoms with Crippen molar-refractivity contribution in [3.8, 4) is 0 Å². The van der Waals surface area contributed by atoms with Crippen LogP contribution in [0, 0.1) is 0 Å². The lowest BCUT2D eigenvalue weighted by atomic mass is 9.87. The predicted octanol–water partition coefficient (Wildman–Crippen LogP) is 4.71. The molecule has 0 heterocycles. The summed E-state index contributed by atoms with van der Waals surface area (Å²) in [6.07, 6.45) is 2.19. The third kappa shape index (κ3) is 3.65. The summed E-state index contributed by atoms with van der Waals surface area (Å²) < 4.78 is 25.2. The molecule has 27 heavy (non-hydrogen) atoms. The summed E-state index contributed by atoms with van der Waals surface area (Å²) in [5.74, 6) is -0.424. The van der Waals surface area contributed by atoms with Crippen LogP contribution in [0.5, 0.6) is 0 Å². The van der Waals surface area contributed by atoms with Gasteiger partial charge in [0.1, 0.15) is 0 Å². The molecule has 1 aliphatic rings. The average molecular weight is 386 g/mol. The summed E-state index contributed by atoms with van der Waals surface area (Å²) in [5, 5.41) is 2.86. The molecule has 1 N–H and O–H groups in total. The van der Waals surface area contributed by atoms with Gasteiger partial charge in [-0.05, 0) is 48.1 Å². The number of sulfone groups is 1. The van der Waals surface area contributed by atoms with Crippen LogP contribution in [0.1, 0.15) is 52.0 Å². The zero-order valence-electron chi connectivity index (χ0n) is 16.2. The first kappa shape index (κ1) is 19.6. The summed E-state index contributed by atoms with van der Waals surface area (Å²) >= 11 is 0. The monoisotopic (exact) mass is 385 g/mol. The fourth-order valence-corrected chi connectivity index (χ4v) is 5.78. The van der Waals surface area contributed by atoms with Crippen LogP contribution in [0.2, 0.25) is 0 Å². The van der Waals surface area contributed by atoms with Crippen LogP contribution in [0.4, 0.5) is 5.69 Å². The van der Waals surface area contributed by atoms with Crippen molar-refractivity contribution in [1.82, 2.24) is 0 Å². The molecule has 4 nitrogen and oxygen atoms in total. The second-order valence-electron chi connectivity index (χ2n) is 8.30. The second kappa shape index (κ2) is 7.12. The number of benzene rings is 2. The number of nitrogens with one attached hydrogen (secondary N) is 1. The van der Waals surface area contributed by atoms with E-state index in [9.17, 15) is 13.2 Å². The molecule has 0 bridgehead atoms. The van der Waals surface area contributed by atoms with Gasteiger partial charge in [-0.15, -0.1) is 0 Å². The van der Waals surface area contributed by atoms with E-state index in [0.717, 1.165) is 18.4 Å². The van der Waals surface area contributed by atoms with Crippen LogP contribution >= 0.6 is 0 Å². The lowest BCUT2D eigenvalue weighted by molar-refractivity contribution is -0.118. The maximum Gasteiger partial charge on any atom is 0.246 e. The first-order valence-corrected chi connectivity index (χ1v) is 10.9.